The maximum atomic E-state index is 12.4. The zero-order valence-electron chi connectivity index (χ0n) is 22.5. The molecule has 0 saturated carbocycles. The molecule has 0 bridgehead atoms. The van der Waals surface area contributed by atoms with E-state index < -0.39 is 0 Å². The number of benzene rings is 2. The molecule has 8 heteroatoms. The highest BCUT2D eigenvalue weighted by Crippen LogP contribution is 2.14. The van der Waals surface area contributed by atoms with Gasteiger partial charge in [-0.1, -0.05) is 50.6 Å². The number of carbonyl (C=O) groups excluding carboxylic acids is 2. The van der Waals surface area contributed by atoms with Crippen molar-refractivity contribution in [2.45, 2.75) is 46.5 Å². The Labute approximate surface area is 235 Å². The summed E-state index contributed by atoms with van der Waals surface area (Å²) in [5, 5.41) is 0. The monoisotopic (exact) mass is 554 g/mol. The quantitative estimate of drug-likeness (QED) is 0.190. The van der Waals surface area contributed by atoms with E-state index in [0.29, 0.717) is 13.0 Å². The lowest BCUT2D eigenvalue weighted by atomic mass is 10.1. The molecule has 1 aliphatic rings. The molecule has 0 aromatic heterocycles. The summed E-state index contributed by atoms with van der Waals surface area (Å²) < 4.78 is 10.6. The minimum atomic E-state index is -0.229. The summed E-state index contributed by atoms with van der Waals surface area (Å²) in [5.41, 5.74) is 2.16. The average molecular weight is 556 g/mol. The van der Waals surface area contributed by atoms with Gasteiger partial charge in [-0.2, -0.15) is 0 Å². The Hall–Kier alpha value is -2.12. The van der Waals surface area contributed by atoms with E-state index in [0.717, 1.165) is 76.5 Å². The normalized spacial score (nSPS) is 13.3. The maximum Gasteiger partial charge on any atom is 0.302 e. The first-order chi connectivity index (χ1) is 17.0. The highest BCUT2D eigenvalue weighted by atomic mass is 35.5. The fraction of sp³-hybridized carbons (Fsp3) is 0.517. The van der Waals surface area contributed by atoms with E-state index in [9.17, 15) is 9.59 Å². The van der Waals surface area contributed by atoms with E-state index in [-0.39, 0.29) is 36.6 Å². The van der Waals surface area contributed by atoms with Crippen LogP contribution < -0.4 is 4.74 Å². The highest BCUT2D eigenvalue weighted by molar-refractivity contribution is 5.96. The van der Waals surface area contributed by atoms with Crippen LogP contribution in [0.5, 0.6) is 5.75 Å². The van der Waals surface area contributed by atoms with E-state index in [1.54, 1.807) is 0 Å². The van der Waals surface area contributed by atoms with Gasteiger partial charge in [-0.05, 0) is 42.7 Å². The van der Waals surface area contributed by atoms with Crippen LogP contribution in [0.1, 0.15) is 56.0 Å². The van der Waals surface area contributed by atoms with Crippen molar-refractivity contribution in [3.8, 4) is 5.75 Å². The molecule has 1 heterocycles. The average Bonchev–Trinajstić information content (AvgIpc) is 2.89. The van der Waals surface area contributed by atoms with Crippen LogP contribution >= 0.6 is 24.8 Å². The Morgan fingerprint density at radius 2 is 1.41 bits per heavy atom. The summed E-state index contributed by atoms with van der Waals surface area (Å²) in [5.74, 6) is 0.768. The molecule has 0 amide bonds. The molecule has 2 aromatic carbocycles. The second kappa shape index (κ2) is 20.9. The molecule has 1 saturated heterocycles. The van der Waals surface area contributed by atoms with Crippen LogP contribution in [0.2, 0.25) is 0 Å². The molecule has 0 atom stereocenters. The number of unbranched alkanes of at least 4 members (excludes halogenated alkanes) is 1. The Morgan fingerprint density at radius 1 is 0.811 bits per heavy atom. The number of hydrogen-bond acceptors (Lipinski definition) is 6. The van der Waals surface area contributed by atoms with Crippen LogP contribution in [0.25, 0.3) is 0 Å². The lowest BCUT2D eigenvalue weighted by molar-refractivity contribution is -0.141. The number of aryl methyl sites for hydroxylation is 1. The second-order valence-corrected chi connectivity index (χ2v) is 8.76. The van der Waals surface area contributed by atoms with Crippen molar-refractivity contribution < 1.29 is 19.1 Å². The largest absolute Gasteiger partial charge is 0.494 e. The molecule has 0 unspecified atom stereocenters. The van der Waals surface area contributed by atoms with Crippen LogP contribution in [0.3, 0.4) is 0 Å². The Balaban J connectivity index is 0.00000111. The number of rotatable bonds is 12. The number of halogens is 2. The molecule has 2 aromatic rings. The second-order valence-electron chi connectivity index (χ2n) is 8.76. The van der Waals surface area contributed by atoms with Crippen molar-refractivity contribution in [1.29, 1.82) is 0 Å². The van der Waals surface area contributed by atoms with Gasteiger partial charge in [-0.25, -0.2) is 0 Å². The topological polar surface area (TPSA) is 59.1 Å². The number of Topliss-reactive ketones (excluding diaryl/α,β-unsaturated/α-hetero) is 1. The van der Waals surface area contributed by atoms with Crippen LogP contribution in [0.15, 0.2) is 54.6 Å². The summed E-state index contributed by atoms with van der Waals surface area (Å²) in [6.07, 6.45) is 3.82. The molecule has 0 radical (unpaired) electrons. The van der Waals surface area contributed by atoms with E-state index in [1.165, 1.54) is 12.5 Å². The van der Waals surface area contributed by atoms with Crippen LogP contribution in [0.4, 0.5) is 0 Å². The van der Waals surface area contributed by atoms with Gasteiger partial charge in [-0.15, -0.1) is 24.8 Å². The molecule has 0 spiro atoms. The zero-order valence-corrected chi connectivity index (χ0v) is 24.2. The summed E-state index contributed by atoms with van der Waals surface area (Å²) in [7, 11) is 0. The number of piperazine rings is 1. The van der Waals surface area contributed by atoms with Gasteiger partial charge in [0.15, 0.2) is 5.78 Å². The summed E-state index contributed by atoms with van der Waals surface area (Å²) >= 11 is 0. The first-order valence-corrected chi connectivity index (χ1v) is 12.9. The van der Waals surface area contributed by atoms with Crippen LogP contribution in [-0.2, 0) is 16.0 Å². The maximum absolute atomic E-state index is 12.4. The van der Waals surface area contributed by atoms with Crippen molar-refractivity contribution >= 4 is 36.6 Å². The molecule has 3 rings (SSSR count). The molecule has 1 fully saturated rings. The summed E-state index contributed by atoms with van der Waals surface area (Å²) in [6, 6.07) is 17.9. The number of nitrogens with zero attached hydrogens (tertiary/aromatic N) is 2. The Morgan fingerprint density at radius 3 is 1.92 bits per heavy atom. The molecule has 1 aliphatic heterocycles. The Bertz CT molecular complexity index is 858. The standard InChI is InChI=1S/C21H32N2O4.C8H10.2ClH/c1-3-4-16-27-20-7-5-19(6-8-20)21(25)9-10-22-11-13-23(14-12-22)15-17-26-18(2)24;1-2-8-6-4-3-5-7-8;;/h5-8H,3-4,9-17H2,1-2H3;3-7H,2H2,1H3;2*1H. The van der Waals surface area contributed by atoms with Gasteiger partial charge in [0.05, 0.1) is 6.61 Å². The van der Waals surface area contributed by atoms with Gasteiger partial charge in [-0.3, -0.25) is 14.5 Å². The first kappa shape index (κ1) is 34.9. The van der Waals surface area contributed by atoms with Crippen molar-refractivity contribution in [2.24, 2.45) is 0 Å². The third-order valence-electron chi connectivity index (χ3n) is 6.03. The fourth-order valence-electron chi connectivity index (χ4n) is 3.74. The number of ketones is 1. The van der Waals surface area contributed by atoms with Gasteiger partial charge in [0, 0.05) is 58.2 Å². The number of hydrogen-bond donors (Lipinski definition) is 0. The van der Waals surface area contributed by atoms with E-state index in [4.69, 9.17) is 9.47 Å². The molecular formula is C29H44Cl2N2O4. The highest BCUT2D eigenvalue weighted by Gasteiger charge is 2.18. The minimum absolute atomic E-state index is 0. The van der Waals surface area contributed by atoms with Crippen LogP contribution in [0, 0.1) is 0 Å². The van der Waals surface area contributed by atoms with Gasteiger partial charge in [0.2, 0.25) is 0 Å². The van der Waals surface area contributed by atoms with Gasteiger partial charge in [0.1, 0.15) is 12.4 Å². The van der Waals surface area contributed by atoms with Crippen LogP contribution in [-0.4, -0.2) is 74.0 Å². The van der Waals surface area contributed by atoms with Crippen molar-refractivity contribution in [1.82, 2.24) is 9.80 Å². The SMILES string of the molecule is CCCCOc1ccc(C(=O)CCN2CCN(CCOC(C)=O)CC2)cc1.CCc1ccccc1.Cl.Cl. The summed E-state index contributed by atoms with van der Waals surface area (Å²) in [6.45, 7) is 12.2. The lowest BCUT2D eigenvalue weighted by Gasteiger charge is -2.34. The molecule has 37 heavy (non-hydrogen) atoms. The van der Waals surface area contributed by atoms with Gasteiger partial charge >= 0.3 is 5.97 Å². The molecule has 6 nitrogen and oxygen atoms in total. The number of esters is 1. The minimum Gasteiger partial charge on any atom is -0.494 e. The molecule has 208 valence electrons. The molecule has 0 N–H and O–H groups in total. The molecule has 0 aliphatic carbocycles. The number of ether oxygens (including phenoxy) is 2. The smallest absolute Gasteiger partial charge is 0.302 e. The van der Waals surface area contributed by atoms with E-state index in [2.05, 4.69) is 47.9 Å². The molecular weight excluding hydrogens is 511 g/mol. The number of carbonyl (C=O) groups is 2. The van der Waals surface area contributed by atoms with Crippen molar-refractivity contribution in [2.75, 3.05) is 52.5 Å². The third-order valence-corrected chi connectivity index (χ3v) is 6.03. The predicted molar refractivity (Wildman–Crippen MR) is 156 cm³/mol. The zero-order chi connectivity index (χ0) is 25.3. The van der Waals surface area contributed by atoms with E-state index >= 15 is 0 Å². The third kappa shape index (κ3) is 15.0. The van der Waals surface area contributed by atoms with Gasteiger partial charge in [0.25, 0.3) is 0 Å². The first-order valence-electron chi connectivity index (χ1n) is 12.9. The van der Waals surface area contributed by atoms with E-state index in [1.807, 2.05) is 30.3 Å². The fourth-order valence-corrected chi connectivity index (χ4v) is 3.74. The van der Waals surface area contributed by atoms with Crippen molar-refractivity contribution in [3.05, 3.63) is 65.7 Å². The predicted octanol–water partition coefficient (Wildman–Crippen LogP) is 5.71. The Kier molecular flexibility index (Phi) is 19.7. The lowest BCUT2D eigenvalue weighted by Crippen LogP contribution is -2.47. The van der Waals surface area contributed by atoms with Crippen molar-refractivity contribution in [3.63, 3.8) is 0 Å². The summed E-state index contributed by atoms with van der Waals surface area (Å²) in [4.78, 5) is 27.8. The van der Waals surface area contributed by atoms with Gasteiger partial charge < -0.3 is 14.4 Å².